The summed E-state index contributed by atoms with van der Waals surface area (Å²) in [6.45, 7) is 0. The van der Waals surface area contributed by atoms with Crippen LogP contribution in [0, 0.1) is 5.92 Å². The van der Waals surface area contributed by atoms with E-state index in [1.165, 1.54) is 4.63 Å². The van der Waals surface area contributed by atoms with Gasteiger partial charge < -0.3 is 10.4 Å². The van der Waals surface area contributed by atoms with Gasteiger partial charge in [0.1, 0.15) is 5.82 Å². The van der Waals surface area contributed by atoms with Crippen molar-refractivity contribution in [2.45, 2.75) is 12.5 Å². The molecule has 0 aromatic carbocycles. The normalized spacial score (nSPS) is 22.4. The molecule has 0 saturated carbocycles. The molecule has 2 N–H and O–H groups in total. The molecule has 8 heteroatoms. The summed E-state index contributed by atoms with van der Waals surface area (Å²) >= 11 is 0. The first-order chi connectivity index (χ1) is 8.72. The Hall–Kier alpha value is -2.51. The van der Waals surface area contributed by atoms with E-state index in [1.54, 1.807) is 18.2 Å². The lowest BCUT2D eigenvalue weighted by atomic mass is 10.1. The van der Waals surface area contributed by atoms with Crippen LogP contribution in [0.5, 0.6) is 0 Å². The fourth-order valence-electron chi connectivity index (χ4n) is 1.91. The third-order valence-electron chi connectivity index (χ3n) is 2.80. The number of fused-ring (bicyclic) bond motifs is 1. The molecule has 18 heavy (non-hydrogen) atoms. The Morgan fingerprint density at radius 2 is 2.33 bits per heavy atom. The molecule has 0 amide bonds. The zero-order valence-corrected chi connectivity index (χ0v) is 9.26. The maximum Gasteiger partial charge on any atom is 0.310 e. The molecule has 1 aliphatic rings. The number of carboxylic acid groups (broad SMARTS) is 1. The highest BCUT2D eigenvalue weighted by Crippen LogP contribution is 2.20. The summed E-state index contributed by atoms with van der Waals surface area (Å²) in [4.78, 5) is 10.8. The van der Waals surface area contributed by atoms with Crippen molar-refractivity contribution in [3.63, 3.8) is 0 Å². The van der Waals surface area contributed by atoms with Crippen molar-refractivity contribution in [2.75, 3.05) is 5.32 Å². The van der Waals surface area contributed by atoms with E-state index < -0.39 is 11.9 Å². The van der Waals surface area contributed by atoms with Gasteiger partial charge in [0.25, 0.3) is 0 Å². The van der Waals surface area contributed by atoms with Crippen LogP contribution in [0.1, 0.15) is 6.42 Å². The van der Waals surface area contributed by atoms with Crippen LogP contribution >= 0.6 is 0 Å². The van der Waals surface area contributed by atoms with Gasteiger partial charge in [-0.1, -0.05) is 12.2 Å². The second-order valence-electron chi connectivity index (χ2n) is 4.06. The Bertz CT molecular complexity index is 622. The number of hydrogen-bond donors (Lipinski definition) is 2. The summed E-state index contributed by atoms with van der Waals surface area (Å²) in [5, 5.41) is 27.1. The molecule has 1 aliphatic carbocycles. The summed E-state index contributed by atoms with van der Waals surface area (Å²) < 4.78 is 1.32. The third kappa shape index (κ3) is 1.88. The van der Waals surface area contributed by atoms with Gasteiger partial charge in [-0.05, 0) is 29.0 Å². The van der Waals surface area contributed by atoms with E-state index >= 15 is 0 Å². The van der Waals surface area contributed by atoms with Crippen molar-refractivity contribution in [1.29, 1.82) is 0 Å². The van der Waals surface area contributed by atoms with Crippen LogP contribution in [0.15, 0.2) is 24.3 Å². The van der Waals surface area contributed by atoms with Crippen LogP contribution in [0.2, 0.25) is 0 Å². The maximum absolute atomic E-state index is 10.8. The lowest BCUT2D eigenvalue weighted by molar-refractivity contribution is -0.140. The SMILES string of the molecule is O=C(O)C1C=CC(Nc2ccc3nnnn3n2)C1. The lowest BCUT2D eigenvalue weighted by Crippen LogP contribution is -2.19. The predicted octanol–water partition coefficient (Wildman–Crippen LogP) is -0.0395. The predicted molar refractivity (Wildman–Crippen MR) is 60.9 cm³/mol. The van der Waals surface area contributed by atoms with Gasteiger partial charge in [0.05, 0.1) is 5.92 Å². The summed E-state index contributed by atoms with van der Waals surface area (Å²) in [6.07, 6.45) is 4.05. The molecule has 92 valence electrons. The van der Waals surface area contributed by atoms with Crippen molar-refractivity contribution in [3.8, 4) is 0 Å². The minimum absolute atomic E-state index is 0.0347. The molecule has 0 fully saturated rings. The van der Waals surface area contributed by atoms with Gasteiger partial charge in [-0.15, -0.1) is 14.8 Å². The maximum atomic E-state index is 10.8. The van der Waals surface area contributed by atoms with E-state index in [4.69, 9.17) is 5.11 Å². The first-order valence-electron chi connectivity index (χ1n) is 5.45. The molecule has 2 heterocycles. The molecule has 8 nitrogen and oxygen atoms in total. The highest BCUT2D eigenvalue weighted by Gasteiger charge is 2.24. The van der Waals surface area contributed by atoms with Crippen molar-refractivity contribution in [1.82, 2.24) is 25.3 Å². The van der Waals surface area contributed by atoms with Gasteiger partial charge in [-0.25, -0.2) is 0 Å². The Balaban J connectivity index is 1.73. The van der Waals surface area contributed by atoms with Gasteiger partial charge in [0, 0.05) is 6.04 Å². The number of hydrogen-bond acceptors (Lipinski definition) is 6. The number of carboxylic acids is 1. The number of tetrazole rings is 1. The number of nitrogens with zero attached hydrogens (tertiary/aromatic N) is 5. The van der Waals surface area contributed by atoms with E-state index in [-0.39, 0.29) is 6.04 Å². The van der Waals surface area contributed by atoms with Crippen molar-refractivity contribution < 1.29 is 9.90 Å². The Kier molecular flexibility index (Phi) is 2.40. The van der Waals surface area contributed by atoms with Gasteiger partial charge in [-0.2, -0.15) is 0 Å². The van der Waals surface area contributed by atoms with Crippen LogP contribution in [0.25, 0.3) is 5.65 Å². The van der Waals surface area contributed by atoms with E-state index in [2.05, 4.69) is 25.9 Å². The Morgan fingerprint density at radius 3 is 3.11 bits per heavy atom. The fraction of sp³-hybridized carbons (Fsp3) is 0.300. The smallest absolute Gasteiger partial charge is 0.310 e. The standard InChI is InChI=1S/C10H10N6O2/c17-10(18)6-1-2-7(5-6)11-8-3-4-9-12-14-15-16(9)13-8/h1-4,6-7H,5H2,(H,11,13)(H,17,18). The van der Waals surface area contributed by atoms with Crippen LogP contribution in [-0.4, -0.2) is 42.4 Å². The average molecular weight is 246 g/mol. The summed E-state index contributed by atoms with van der Waals surface area (Å²) in [5.41, 5.74) is 0.561. The average Bonchev–Trinajstić information content (AvgIpc) is 2.96. The molecule has 2 aromatic heterocycles. The zero-order valence-electron chi connectivity index (χ0n) is 9.26. The van der Waals surface area contributed by atoms with Crippen molar-refractivity contribution in [3.05, 3.63) is 24.3 Å². The first kappa shape index (κ1) is 10.6. The molecule has 2 atom stereocenters. The van der Waals surface area contributed by atoms with Crippen LogP contribution in [-0.2, 0) is 4.79 Å². The Labute approximate surface area is 101 Å². The molecule has 0 radical (unpaired) electrons. The summed E-state index contributed by atoms with van der Waals surface area (Å²) in [6, 6.07) is 3.46. The largest absolute Gasteiger partial charge is 0.481 e. The van der Waals surface area contributed by atoms with Gasteiger partial charge in [0.2, 0.25) is 0 Å². The molecule has 2 unspecified atom stereocenters. The number of rotatable bonds is 3. The topological polar surface area (TPSA) is 105 Å². The number of anilines is 1. The first-order valence-corrected chi connectivity index (χ1v) is 5.45. The minimum atomic E-state index is -0.806. The Morgan fingerprint density at radius 1 is 1.44 bits per heavy atom. The molecule has 0 saturated heterocycles. The van der Waals surface area contributed by atoms with Crippen molar-refractivity contribution >= 4 is 17.4 Å². The van der Waals surface area contributed by atoms with Gasteiger partial charge >= 0.3 is 5.97 Å². The molecular weight excluding hydrogens is 236 g/mol. The van der Waals surface area contributed by atoms with Crippen molar-refractivity contribution in [2.24, 2.45) is 5.92 Å². The van der Waals surface area contributed by atoms with E-state index in [1.807, 2.05) is 6.08 Å². The highest BCUT2D eigenvalue weighted by atomic mass is 16.4. The van der Waals surface area contributed by atoms with Gasteiger partial charge in [0.15, 0.2) is 5.65 Å². The molecule has 0 bridgehead atoms. The zero-order chi connectivity index (χ0) is 12.5. The van der Waals surface area contributed by atoms with Crippen LogP contribution in [0.4, 0.5) is 5.82 Å². The second-order valence-corrected chi connectivity index (χ2v) is 4.06. The number of nitrogens with one attached hydrogen (secondary N) is 1. The second kappa shape index (κ2) is 4.06. The van der Waals surface area contributed by atoms with Gasteiger partial charge in [-0.3, -0.25) is 4.79 Å². The monoisotopic (exact) mass is 246 g/mol. The number of carbonyl (C=O) groups is 1. The summed E-state index contributed by atoms with van der Waals surface area (Å²) in [7, 11) is 0. The van der Waals surface area contributed by atoms with E-state index in [0.717, 1.165) is 0 Å². The molecule has 0 spiro atoms. The fourth-order valence-corrected chi connectivity index (χ4v) is 1.91. The summed E-state index contributed by atoms with van der Waals surface area (Å²) in [5.74, 6) is -0.630. The lowest BCUT2D eigenvalue weighted by Gasteiger charge is -2.12. The van der Waals surface area contributed by atoms with Crippen LogP contribution in [0.3, 0.4) is 0 Å². The molecule has 0 aliphatic heterocycles. The minimum Gasteiger partial charge on any atom is -0.481 e. The van der Waals surface area contributed by atoms with E-state index in [0.29, 0.717) is 17.9 Å². The van der Waals surface area contributed by atoms with E-state index in [9.17, 15) is 4.79 Å². The number of aliphatic carboxylic acids is 1. The third-order valence-corrected chi connectivity index (χ3v) is 2.80. The van der Waals surface area contributed by atoms with Crippen LogP contribution < -0.4 is 5.32 Å². The molecule has 3 rings (SSSR count). The molecule has 2 aromatic rings. The highest BCUT2D eigenvalue weighted by molar-refractivity contribution is 5.73. The molecular formula is C10H10N6O2. The quantitative estimate of drug-likeness (QED) is 0.732. The number of aromatic nitrogens is 5.